The van der Waals surface area contributed by atoms with Crippen LogP contribution in [0.25, 0.3) is 0 Å². The Labute approximate surface area is 157 Å². The summed E-state index contributed by atoms with van der Waals surface area (Å²) < 4.78 is 21.1. The molecule has 1 amide bonds. The number of halogens is 1. The van der Waals surface area contributed by atoms with E-state index in [1.54, 1.807) is 34.7 Å². The van der Waals surface area contributed by atoms with Gasteiger partial charge in [0, 0.05) is 5.69 Å². The molecule has 0 spiro atoms. The van der Waals surface area contributed by atoms with Gasteiger partial charge in [-0.15, -0.1) is 0 Å². The first-order valence-corrected chi connectivity index (χ1v) is 8.87. The second-order valence-electron chi connectivity index (χ2n) is 6.76. The summed E-state index contributed by atoms with van der Waals surface area (Å²) in [5.74, 6) is 0.339. The number of ether oxygens (including phenoxy) is 1. The molecular weight excluding hydrogens is 345 g/mol. The number of aryl methyl sites for hydroxylation is 1. The van der Waals surface area contributed by atoms with E-state index in [0.29, 0.717) is 35.8 Å². The fourth-order valence-corrected chi connectivity index (χ4v) is 3.33. The molecule has 0 N–H and O–H groups in total. The van der Waals surface area contributed by atoms with Crippen molar-refractivity contribution in [2.75, 3.05) is 4.90 Å². The number of hydrogen-bond acceptors (Lipinski definition) is 3. The highest BCUT2D eigenvalue weighted by Crippen LogP contribution is 2.27. The van der Waals surface area contributed by atoms with E-state index in [0.717, 1.165) is 5.75 Å². The lowest BCUT2D eigenvalue weighted by molar-refractivity contribution is 0.0947. The maximum atomic E-state index is 13.6. The van der Waals surface area contributed by atoms with Crippen molar-refractivity contribution in [1.29, 1.82) is 0 Å². The minimum absolute atomic E-state index is 0.0855. The van der Waals surface area contributed by atoms with Gasteiger partial charge in [-0.05, 0) is 55.8 Å². The monoisotopic (exact) mass is 365 g/mol. The van der Waals surface area contributed by atoms with Crippen LogP contribution in [-0.2, 0) is 13.2 Å². The quantitative estimate of drug-likeness (QED) is 0.703. The summed E-state index contributed by atoms with van der Waals surface area (Å²) in [6.45, 7) is 4.52. The Morgan fingerprint density at radius 2 is 1.96 bits per heavy atom. The van der Waals surface area contributed by atoms with Gasteiger partial charge in [-0.2, -0.15) is 5.10 Å². The van der Waals surface area contributed by atoms with Crippen LogP contribution in [0.4, 0.5) is 10.1 Å². The van der Waals surface area contributed by atoms with Crippen molar-refractivity contribution in [3.05, 3.63) is 77.4 Å². The number of carbonyl (C=O) groups is 1. The summed E-state index contributed by atoms with van der Waals surface area (Å²) in [4.78, 5) is 14.7. The van der Waals surface area contributed by atoms with Crippen molar-refractivity contribution in [3.63, 3.8) is 0 Å². The predicted molar refractivity (Wildman–Crippen MR) is 100 cm³/mol. The molecule has 2 heterocycles. The first-order valence-electron chi connectivity index (χ1n) is 8.87. The van der Waals surface area contributed by atoms with E-state index < -0.39 is 0 Å². The highest BCUT2D eigenvalue weighted by molar-refractivity contribution is 6.06. The summed E-state index contributed by atoms with van der Waals surface area (Å²) in [7, 11) is 0. The van der Waals surface area contributed by atoms with E-state index in [1.165, 1.54) is 6.07 Å². The van der Waals surface area contributed by atoms with Crippen LogP contribution in [0.5, 0.6) is 5.75 Å². The van der Waals surface area contributed by atoms with Crippen molar-refractivity contribution >= 4 is 11.6 Å². The smallest absolute Gasteiger partial charge is 0.276 e. The first-order chi connectivity index (χ1) is 13.0. The second kappa shape index (κ2) is 6.87. The Kier molecular flexibility index (Phi) is 4.39. The molecule has 27 heavy (non-hydrogen) atoms. The van der Waals surface area contributed by atoms with E-state index in [1.807, 2.05) is 37.3 Å². The zero-order valence-corrected chi connectivity index (χ0v) is 15.2. The van der Waals surface area contributed by atoms with Crippen LogP contribution < -0.4 is 9.64 Å². The third kappa shape index (κ3) is 3.30. The Hall–Kier alpha value is -3.15. The molecule has 0 bridgehead atoms. The fraction of sp³-hybridized carbons (Fsp3) is 0.238. The molecule has 0 saturated heterocycles. The molecule has 3 aromatic rings. The van der Waals surface area contributed by atoms with E-state index in [2.05, 4.69) is 5.10 Å². The van der Waals surface area contributed by atoms with Crippen molar-refractivity contribution in [2.24, 2.45) is 0 Å². The third-order valence-electron chi connectivity index (χ3n) is 4.70. The number of aromatic nitrogens is 2. The van der Waals surface area contributed by atoms with Gasteiger partial charge in [0.15, 0.2) is 0 Å². The normalized spacial score (nSPS) is 16.3. The minimum atomic E-state index is -0.277. The van der Waals surface area contributed by atoms with Gasteiger partial charge >= 0.3 is 0 Å². The summed E-state index contributed by atoms with van der Waals surface area (Å²) in [6, 6.07) is 15.9. The number of rotatable bonds is 4. The molecule has 6 heteroatoms. The molecule has 0 aliphatic carbocycles. The summed E-state index contributed by atoms with van der Waals surface area (Å²) in [5.41, 5.74) is 2.43. The zero-order valence-electron chi connectivity index (χ0n) is 15.2. The molecule has 1 aromatic heterocycles. The number of anilines is 1. The molecule has 1 aliphatic heterocycles. The average Bonchev–Trinajstić information content (AvgIpc) is 3.07. The number of fused-ring (bicyclic) bond motifs is 1. The summed E-state index contributed by atoms with van der Waals surface area (Å²) in [6.07, 6.45) is 0. The van der Waals surface area contributed by atoms with E-state index in [9.17, 15) is 9.18 Å². The molecule has 1 atom stereocenters. The average molecular weight is 365 g/mol. The van der Waals surface area contributed by atoms with E-state index >= 15 is 0 Å². The third-order valence-corrected chi connectivity index (χ3v) is 4.70. The minimum Gasteiger partial charge on any atom is -0.487 e. The second-order valence-corrected chi connectivity index (χ2v) is 6.76. The fourth-order valence-electron chi connectivity index (χ4n) is 3.33. The SMILES string of the molecule is Cc1cc(N2C(=O)c3cc(COc4ccccc4)nn3C[C@H]2C)ccc1F. The van der Waals surface area contributed by atoms with Crippen LogP contribution >= 0.6 is 0 Å². The van der Waals surface area contributed by atoms with Gasteiger partial charge in [0.25, 0.3) is 5.91 Å². The van der Waals surface area contributed by atoms with Gasteiger partial charge in [0.2, 0.25) is 0 Å². The lowest BCUT2D eigenvalue weighted by Gasteiger charge is -2.33. The molecule has 0 unspecified atom stereocenters. The number of hydrogen-bond donors (Lipinski definition) is 0. The number of amides is 1. The Bertz CT molecular complexity index is 984. The summed E-state index contributed by atoms with van der Waals surface area (Å²) in [5, 5.41) is 4.51. The van der Waals surface area contributed by atoms with Gasteiger partial charge in [-0.25, -0.2) is 4.39 Å². The van der Waals surface area contributed by atoms with Gasteiger partial charge in [-0.1, -0.05) is 18.2 Å². The zero-order chi connectivity index (χ0) is 19.0. The molecule has 0 radical (unpaired) electrons. The predicted octanol–water partition coefficient (Wildman–Crippen LogP) is 3.96. The number of para-hydroxylation sites is 1. The van der Waals surface area contributed by atoms with Crippen LogP contribution in [0.3, 0.4) is 0 Å². The van der Waals surface area contributed by atoms with Gasteiger partial charge in [0.1, 0.15) is 29.6 Å². The van der Waals surface area contributed by atoms with Crippen molar-refractivity contribution < 1.29 is 13.9 Å². The first kappa shape index (κ1) is 17.3. The Morgan fingerprint density at radius 1 is 1.19 bits per heavy atom. The van der Waals surface area contributed by atoms with E-state index in [4.69, 9.17) is 4.74 Å². The molecule has 2 aromatic carbocycles. The number of carbonyl (C=O) groups excluding carboxylic acids is 1. The molecule has 138 valence electrons. The lowest BCUT2D eigenvalue weighted by Crippen LogP contribution is -2.47. The molecule has 0 fully saturated rings. The van der Waals surface area contributed by atoms with Crippen LogP contribution in [0, 0.1) is 12.7 Å². The molecule has 0 saturated carbocycles. The van der Waals surface area contributed by atoms with Crippen LogP contribution in [0.2, 0.25) is 0 Å². The number of benzene rings is 2. The van der Waals surface area contributed by atoms with Crippen LogP contribution in [0.15, 0.2) is 54.6 Å². The molecule has 4 rings (SSSR count). The van der Waals surface area contributed by atoms with Gasteiger partial charge in [-0.3, -0.25) is 9.48 Å². The van der Waals surface area contributed by atoms with E-state index in [-0.39, 0.29) is 17.8 Å². The Morgan fingerprint density at radius 3 is 2.70 bits per heavy atom. The topological polar surface area (TPSA) is 47.4 Å². The van der Waals surface area contributed by atoms with Gasteiger partial charge in [0.05, 0.1) is 12.6 Å². The van der Waals surface area contributed by atoms with Crippen LogP contribution in [0.1, 0.15) is 28.7 Å². The van der Waals surface area contributed by atoms with Crippen molar-refractivity contribution in [1.82, 2.24) is 9.78 Å². The Balaban J connectivity index is 1.57. The molecule has 5 nitrogen and oxygen atoms in total. The van der Waals surface area contributed by atoms with Gasteiger partial charge < -0.3 is 9.64 Å². The largest absolute Gasteiger partial charge is 0.487 e. The maximum absolute atomic E-state index is 13.6. The lowest BCUT2D eigenvalue weighted by atomic mass is 10.1. The van der Waals surface area contributed by atoms with Crippen LogP contribution in [-0.4, -0.2) is 21.7 Å². The maximum Gasteiger partial charge on any atom is 0.276 e. The van der Waals surface area contributed by atoms with Crippen molar-refractivity contribution in [3.8, 4) is 5.75 Å². The van der Waals surface area contributed by atoms with Crippen molar-refractivity contribution in [2.45, 2.75) is 33.0 Å². The standard InChI is InChI=1S/C21H20FN3O2/c1-14-10-17(8-9-19(14)22)25-15(2)12-24-20(21(25)26)11-16(23-24)13-27-18-6-4-3-5-7-18/h3-11,15H,12-13H2,1-2H3/t15-/m1/s1. The number of nitrogens with zero attached hydrogens (tertiary/aromatic N) is 3. The molecular formula is C21H20FN3O2. The summed E-state index contributed by atoms with van der Waals surface area (Å²) >= 11 is 0. The highest BCUT2D eigenvalue weighted by atomic mass is 19.1. The highest BCUT2D eigenvalue weighted by Gasteiger charge is 2.32. The molecule has 1 aliphatic rings.